The number of fused-ring (bicyclic) bond motifs is 5. The highest BCUT2D eigenvalue weighted by molar-refractivity contribution is 6.33. The number of benzene rings is 2. The summed E-state index contributed by atoms with van der Waals surface area (Å²) in [5.74, 6) is 0.383. The van der Waals surface area contributed by atoms with Crippen molar-refractivity contribution in [2.45, 2.75) is 32.2 Å². The first-order valence-corrected chi connectivity index (χ1v) is 9.88. The predicted molar refractivity (Wildman–Crippen MR) is 106 cm³/mol. The molecule has 5 rings (SSSR count). The van der Waals surface area contributed by atoms with Gasteiger partial charge in [0.2, 0.25) is 0 Å². The molecule has 3 aromatic rings. The maximum absolute atomic E-state index is 13.9. The van der Waals surface area contributed by atoms with Gasteiger partial charge in [0.15, 0.2) is 0 Å². The Labute approximate surface area is 166 Å². The molecule has 0 unspecified atom stereocenters. The van der Waals surface area contributed by atoms with E-state index in [9.17, 15) is 9.18 Å². The number of ether oxygens (including phenoxy) is 1. The molecule has 0 atom stereocenters. The summed E-state index contributed by atoms with van der Waals surface area (Å²) in [5.41, 5.74) is 3.62. The molecule has 1 aliphatic heterocycles. The minimum absolute atomic E-state index is 0.198. The SMILES string of the molecule is O=c1oc2c3c(c(Cl)cc2c2c1CCC2)OCN(CCc1ccccc1F)C3. The lowest BCUT2D eigenvalue weighted by molar-refractivity contribution is 0.0966. The summed E-state index contributed by atoms with van der Waals surface area (Å²) >= 11 is 6.49. The van der Waals surface area contributed by atoms with Gasteiger partial charge in [-0.05, 0) is 48.9 Å². The predicted octanol–water partition coefficient (Wildman–Crippen LogP) is 4.47. The van der Waals surface area contributed by atoms with E-state index in [2.05, 4.69) is 4.90 Å². The van der Waals surface area contributed by atoms with E-state index in [1.54, 1.807) is 12.1 Å². The van der Waals surface area contributed by atoms with Gasteiger partial charge in [0, 0.05) is 24.0 Å². The lowest BCUT2D eigenvalue weighted by Crippen LogP contribution is -2.34. The maximum atomic E-state index is 13.9. The van der Waals surface area contributed by atoms with Crippen LogP contribution in [0.5, 0.6) is 5.75 Å². The molecule has 0 radical (unpaired) electrons. The topological polar surface area (TPSA) is 42.7 Å². The zero-order valence-corrected chi connectivity index (χ0v) is 16.0. The average molecular weight is 400 g/mol. The molecule has 4 nitrogen and oxygen atoms in total. The summed E-state index contributed by atoms with van der Waals surface area (Å²) in [6, 6.07) is 8.65. The van der Waals surface area contributed by atoms with E-state index in [0.29, 0.717) is 48.2 Å². The van der Waals surface area contributed by atoms with Crippen molar-refractivity contribution in [3.05, 3.63) is 73.8 Å². The van der Waals surface area contributed by atoms with Crippen LogP contribution in [0, 0.1) is 5.82 Å². The Balaban J connectivity index is 1.50. The standard InChI is InChI=1S/C22H19ClFNO3/c23-18-10-16-14-5-3-6-15(14)22(26)28-20(16)17-11-25(12-27-21(17)18)9-8-13-4-1-2-7-19(13)24/h1-2,4,7,10H,3,5-6,8-9,11-12H2. The van der Waals surface area contributed by atoms with Gasteiger partial charge >= 0.3 is 5.63 Å². The molecule has 1 aromatic heterocycles. The summed E-state index contributed by atoms with van der Waals surface area (Å²) in [5, 5.41) is 1.45. The number of aryl methyl sites for hydroxylation is 1. The van der Waals surface area contributed by atoms with Gasteiger partial charge in [-0.1, -0.05) is 29.8 Å². The highest BCUT2D eigenvalue weighted by atomic mass is 35.5. The van der Waals surface area contributed by atoms with E-state index in [1.807, 2.05) is 12.1 Å². The van der Waals surface area contributed by atoms with Gasteiger partial charge in [-0.3, -0.25) is 4.90 Å². The Kier molecular flexibility index (Phi) is 4.37. The number of nitrogens with zero attached hydrogens (tertiary/aromatic N) is 1. The molecule has 2 aliphatic rings. The van der Waals surface area contributed by atoms with E-state index in [1.165, 1.54) is 6.07 Å². The van der Waals surface area contributed by atoms with Crippen molar-refractivity contribution < 1.29 is 13.5 Å². The maximum Gasteiger partial charge on any atom is 0.339 e. The van der Waals surface area contributed by atoms with Crippen LogP contribution in [-0.4, -0.2) is 18.2 Å². The number of hydrogen-bond acceptors (Lipinski definition) is 4. The van der Waals surface area contributed by atoms with Crippen molar-refractivity contribution in [1.82, 2.24) is 4.90 Å². The van der Waals surface area contributed by atoms with Crippen LogP contribution in [-0.2, 0) is 25.8 Å². The van der Waals surface area contributed by atoms with E-state index < -0.39 is 0 Å². The molecular formula is C22H19ClFNO3. The molecule has 2 aromatic carbocycles. The fourth-order valence-electron chi connectivity index (χ4n) is 4.28. The summed E-state index contributed by atoms with van der Waals surface area (Å²) in [6.45, 7) is 1.54. The van der Waals surface area contributed by atoms with Crippen LogP contribution in [0.2, 0.25) is 5.02 Å². The van der Waals surface area contributed by atoms with Crippen molar-refractivity contribution in [1.29, 1.82) is 0 Å². The van der Waals surface area contributed by atoms with Gasteiger partial charge in [0.1, 0.15) is 23.9 Å². The molecule has 0 saturated carbocycles. The molecule has 6 heteroatoms. The van der Waals surface area contributed by atoms with Gasteiger partial charge in [-0.25, -0.2) is 9.18 Å². The second-order valence-corrected chi connectivity index (χ2v) is 7.82. The Bertz CT molecular complexity index is 1140. The molecule has 0 fully saturated rings. The van der Waals surface area contributed by atoms with Crippen LogP contribution in [0.15, 0.2) is 39.5 Å². The van der Waals surface area contributed by atoms with Crippen LogP contribution >= 0.6 is 11.6 Å². The van der Waals surface area contributed by atoms with E-state index in [4.69, 9.17) is 20.8 Å². The third-order valence-corrected chi connectivity index (χ3v) is 5.97. The second-order valence-electron chi connectivity index (χ2n) is 7.41. The average Bonchev–Trinajstić information content (AvgIpc) is 3.19. The Morgan fingerprint density at radius 2 is 1.96 bits per heavy atom. The van der Waals surface area contributed by atoms with Crippen molar-refractivity contribution in [2.24, 2.45) is 0 Å². The minimum atomic E-state index is -0.256. The lowest BCUT2D eigenvalue weighted by atomic mass is 10.0. The molecule has 28 heavy (non-hydrogen) atoms. The molecule has 0 N–H and O–H groups in total. The van der Waals surface area contributed by atoms with E-state index in [-0.39, 0.29) is 11.4 Å². The van der Waals surface area contributed by atoms with Gasteiger partial charge in [0.05, 0.1) is 10.6 Å². The van der Waals surface area contributed by atoms with E-state index in [0.717, 1.165) is 41.3 Å². The van der Waals surface area contributed by atoms with Crippen LogP contribution in [0.25, 0.3) is 11.0 Å². The number of rotatable bonds is 3. The number of halogens is 2. The fourth-order valence-corrected chi connectivity index (χ4v) is 4.55. The lowest BCUT2D eigenvalue weighted by Gasteiger charge is -2.30. The van der Waals surface area contributed by atoms with Crippen molar-refractivity contribution in [3.63, 3.8) is 0 Å². The first-order chi connectivity index (χ1) is 13.6. The van der Waals surface area contributed by atoms with Crippen LogP contribution in [0.1, 0.15) is 28.7 Å². The quantitative estimate of drug-likeness (QED) is 0.609. The highest BCUT2D eigenvalue weighted by Crippen LogP contribution is 2.41. The molecule has 0 bridgehead atoms. The van der Waals surface area contributed by atoms with Crippen molar-refractivity contribution in [3.8, 4) is 5.75 Å². The van der Waals surface area contributed by atoms with Crippen LogP contribution in [0.4, 0.5) is 4.39 Å². The summed E-state index contributed by atoms with van der Waals surface area (Å²) < 4.78 is 25.5. The minimum Gasteiger partial charge on any atom is -0.476 e. The molecule has 0 amide bonds. The first-order valence-electron chi connectivity index (χ1n) is 9.50. The largest absolute Gasteiger partial charge is 0.476 e. The Hall–Kier alpha value is -2.37. The molecule has 0 spiro atoms. The normalized spacial score (nSPS) is 16.1. The highest BCUT2D eigenvalue weighted by Gasteiger charge is 2.28. The molecule has 144 valence electrons. The molecule has 2 heterocycles. The van der Waals surface area contributed by atoms with Crippen LogP contribution < -0.4 is 10.4 Å². The number of hydrogen-bond donors (Lipinski definition) is 0. The van der Waals surface area contributed by atoms with Gasteiger partial charge < -0.3 is 9.15 Å². The zero-order valence-electron chi connectivity index (χ0n) is 15.3. The van der Waals surface area contributed by atoms with Crippen molar-refractivity contribution in [2.75, 3.05) is 13.3 Å². The summed E-state index contributed by atoms with van der Waals surface area (Å²) in [6.07, 6.45) is 3.15. The van der Waals surface area contributed by atoms with E-state index >= 15 is 0 Å². The third-order valence-electron chi connectivity index (χ3n) is 5.69. The third kappa shape index (κ3) is 2.90. The van der Waals surface area contributed by atoms with Gasteiger partial charge in [-0.15, -0.1) is 0 Å². The monoisotopic (exact) mass is 399 g/mol. The van der Waals surface area contributed by atoms with Crippen LogP contribution in [0.3, 0.4) is 0 Å². The second kappa shape index (κ2) is 6.90. The Morgan fingerprint density at radius 1 is 1.14 bits per heavy atom. The van der Waals surface area contributed by atoms with Gasteiger partial charge in [0.25, 0.3) is 0 Å². The Morgan fingerprint density at radius 3 is 2.82 bits per heavy atom. The van der Waals surface area contributed by atoms with Gasteiger partial charge in [-0.2, -0.15) is 0 Å². The fraction of sp³-hybridized carbons (Fsp3) is 0.318. The van der Waals surface area contributed by atoms with Crippen molar-refractivity contribution >= 4 is 22.6 Å². The summed E-state index contributed by atoms with van der Waals surface area (Å²) in [4.78, 5) is 14.5. The first kappa shape index (κ1) is 17.7. The zero-order chi connectivity index (χ0) is 19.3. The molecule has 0 saturated heterocycles. The molecule has 1 aliphatic carbocycles. The molecular weight excluding hydrogens is 381 g/mol. The summed E-state index contributed by atoms with van der Waals surface area (Å²) in [7, 11) is 0. The smallest absolute Gasteiger partial charge is 0.339 e.